The number of aromatic hydroxyl groups is 1. The molecule has 7 rings (SSSR count). The number of nitrogens with one attached hydrogen (secondary N) is 1. The maximum Gasteiger partial charge on any atom is 0.124 e. The number of aliphatic hydroxyl groups is 4. The number of benzene rings is 3. The fourth-order valence-electron chi connectivity index (χ4n) is 8.70. The highest BCUT2D eigenvalue weighted by Gasteiger charge is 2.48. The zero-order valence-electron chi connectivity index (χ0n) is 29.6. The molecule has 4 atom stereocenters. The highest BCUT2D eigenvalue weighted by atomic mass is 16.5. The Morgan fingerprint density at radius 1 is 0.900 bits per heavy atom. The summed E-state index contributed by atoms with van der Waals surface area (Å²) >= 11 is 0. The van der Waals surface area contributed by atoms with Gasteiger partial charge in [0.25, 0.3) is 0 Å². The molecule has 3 heterocycles. The second kappa shape index (κ2) is 16.5. The highest BCUT2D eigenvalue weighted by molar-refractivity contribution is 5.39. The average molecular weight is 690 g/mol. The number of quaternary nitrogens is 1. The van der Waals surface area contributed by atoms with Crippen LogP contribution in [0.25, 0.3) is 0 Å². The van der Waals surface area contributed by atoms with Crippen molar-refractivity contribution in [3.8, 4) is 11.5 Å². The molecule has 0 radical (unpaired) electrons. The van der Waals surface area contributed by atoms with Crippen molar-refractivity contribution in [1.82, 2.24) is 5.32 Å². The van der Waals surface area contributed by atoms with Crippen LogP contribution in [0.5, 0.6) is 11.5 Å². The van der Waals surface area contributed by atoms with Crippen LogP contribution in [0, 0.1) is 11.8 Å². The minimum absolute atomic E-state index is 0.00507. The Morgan fingerprint density at radius 2 is 1.60 bits per heavy atom. The fraction of sp³-hybridized carbons (Fsp3) is 0.561. The molecule has 1 saturated carbocycles. The number of hydrogen-bond donors (Lipinski definition) is 6. The van der Waals surface area contributed by atoms with E-state index >= 15 is 0 Å². The van der Waals surface area contributed by atoms with Gasteiger partial charge in [0.05, 0.1) is 52.2 Å². The summed E-state index contributed by atoms with van der Waals surface area (Å²) in [5.74, 6) is 1.50. The Morgan fingerprint density at radius 3 is 2.32 bits per heavy atom. The lowest BCUT2D eigenvalue weighted by atomic mass is 9.80. The third kappa shape index (κ3) is 8.37. The first-order valence-corrected chi connectivity index (χ1v) is 18.7. The molecule has 50 heavy (non-hydrogen) atoms. The molecule has 9 nitrogen and oxygen atoms in total. The summed E-state index contributed by atoms with van der Waals surface area (Å²) in [6.07, 6.45) is 7.05. The number of hydrogen-bond acceptors (Lipinski definition) is 8. The van der Waals surface area contributed by atoms with Crippen LogP contribution in [0.4, 0.5) is 0 Å². The van der Waals surface area contributed by atoms with Crippen LogP contribution >= 0.6 is 0 Å². The summed E-state index contributed by atoms with van der Waals surface area (Å²) in [6.45, 7) is 7.14. The monoisotopic (exact) mass is 689 g/mol. The molecule has 4 aliphatic rings. The number of piperidine rings is 3. The molecule has 0 amide bonds. The third-order valence-corrected chi connectivity index (χ3v) is 11.9. The molecule has 272 valence electrons. The first-order chi connectivity index (χ1) is 24.2. The van der Waals surface area contributed by atoms with Crippen molar-refractivity contribution in [1.29, 1.82) is 0 Å². The first kappa shape index (κ1) is 36.8. The number of fused-ring (bicyclic) bond motifs is 3. The van der Waals surface area contributed by atoms with Crippen LogP contribution in [0.15, 0.2) is 66.7 Å². The largest absolute Gasteiger partial charge is 0.508 e. The van der Waals surface area contributed by atoms with Crippen LogP contribution in [0.1, 0.15) is 91.8 Å². The summed E-state index contributed by atoms with van der Waals surface area (Å²) in [5, 5.41) is 55.5. The molecule has 3 aromatic carbocycles. The smallest absolute Gasteiger partial charge is 0.124 e. The maximum absolute atomic E-state index is 12.0. The van der Waals surface area contributed by atoms with Crippen molar-refractivity contribution in [3.05, 3.63) is 94.5 Å². The summed E-state index contributed by atoms with van der Waals surface area (Å²) in [6, 6.07) is 20.7. The minimum Gasteiger partial charge on any atom is -0.508 e. The van der Waals surface area contributed by atoms with Gasteiger partial charge in [0, 0.05) is 48.9 Å². The standard InChI is InChI=1S/C41H56N2O7/c1-29(42-24-38(47)32-12-14-37(46)33(23-32)26-44)31-13-15-39(34(22-31)27-45)49-21-7-18-43-19-16-30(17-20-43)40(25-43)50-28-41(48,36-10-5-6-11-36)35-8-3-2-4-9-35/h2-4,8-9,12-15,22-23,29-30,36,38,40,42,44-45,47-48H,5-7,10-11,16-21,24-28H2,1H3/p+1/t29-,30?,38+,40+,41-,43?/m1/s1. The Hall–Kier alpha value is -3.02. The highest BCUT2D eigenvalue weighted by Crippen LogP contribution is 2.43. The number of ether oxygens (including phenoxy) is 2. The lowest BCUT2D eigenvalue weighted by molar-refractivity contribution is -0.946. The summed E-state index contributed by atoms with van der Waals surface area (Å²) < 4.78 is 14.0. The zero-order valence-corrected chi connectivity index (χ0v) is 29.6. The van der Waals surface area contributed by atoms with E-state index < -0.39 is 11.7 Å². The van der Waals surface area contributed by atoms with Crippen LogP contribution < -0.4 is 10.1 Å². The molecular weight excluding hydrogens is 632 g/mol. The Kier molecular flexibility index (Phi) is 12.2. The lowest BCUT2D eigenvalue weighted by Crippen LogP contribution is -2.65. The molecular formula is C41H57N2O7+. The number of nitrogens with zero attached hydrogens (tertiary/aromatic N) is 1. The van der Waals surface area contributed by atoms with Gasteiger partial charge in [0.15, 0.2) is 0 Å². The van der Waals surface area contributed by atoms with Crippen LogP contribution in [0.3, 0.4) is 0 Å². The van der Waals surface area contributed by atoms with Crippen molar-refractivity contribution >= 4 is 0 Å². The Balaban J connectivity index is 0.990. The van der Waals surface area contributed by atoms with Gasteiger partial charge in [-0.25, -0.2) is 0 Å². The fourth-order valence-corrected chi connectivity index (χ4v) is 8.70. The molecule has 0 aromatic heterocycles. The van der Waals surface area contributed by atoms with Gasteiger partial charge in [-0.15, -0.1) is 0 Å². The Labute approximate surface area is 297 Å². The third-order valence-electron chi connectivity index (χ3n) is 11.9. The van der Waals surface area contributed by atoms with Gasteiger partial charge in [0.2, 0.25) is 0 Å². The van der Waals surface area contributed by atoms with Crippen molar-refractivity contribution in [2.75, 3.05) is 45.9 Å². The molecule has 4 fully saturated rings. The molecule has 3 aliphatic heterocycles. The molecule has 3 saturated heterocycles. The summed E-state index contributed by atoms with van der Waals surface area (Å²) in [5.41, 5.74) is 2.75. The SMILES string of the molecule is C[C@@H](NC[C@H](O)c1ccc(O)c(CO)c1)c1ccc(OCCC[N+]23CCC(CC2)[C@@H](OC[C@@](O)(c2ccccc2)C2CCCC2)C3)c(CO)c1. The maximum atomic E-state index is 12.0. The van der Waals surface area contributed by atoms with Gasteiger partial charge in [0.1, 0.15) is 29.7 Å². The van der Waals surface area contributed by atoms with Crippen molar-refractivity contribution in [2.24, 2.45) is 11.8 Å². The molecule has 9 heteroatoms. The number of rotatable bonds is 17. The number of phenols is 1. The van der Waals surface area contributed by atoms with E-state index in [1.807, 2.05) is 43.3 Å². The predicted octanol–water partition coefficient (Wildman–Crippen LogP) is 5.23. The average Bonchev–Trinajstić information content (AvgIpc) is 3.72. The molecule has 0 spiro atoms. The van der Waals surface area contributed by atoms with E-state index in [0.717, 1.165) is 66.4 Å². The van der Waals surface area contributed by atoms with E-state index in [-0.39, 0.29) is 43.6 Å². The normalized spacial score (nSPS) is 24.6. The van der Waals surface area contributed by atoms with Crippen molar-refractivity contribution in [3.63, 3.8) is 0 Å². The van der Waals surface area contributed by atoms with Gasteiger partial charge in [-0.3, -0.25) is 0 Å². The van der Waals surface area contributed by atoms with Gasteiger partial charge in [-0.2, -0.15) is 0 Å². The predicted molar refractivity (Wildman–Crippen MR) is 192 cm³/mol. The summed E-state index contributed by atoms with van der Waals surface area (Å²) in [7, 11) is 0. The van der Waals surface area contributed by atoms with E-state index in [0.29, 0.717) is 36.0 Å². The van der Waals surface area contributed by atoms with Crippen molar-refractivity contribution < 1.29 is 39.5 Å². The van der Waals surface area contributed by atoms with E-state index in [4.69, 9.17) is 9.47 Å². The second-order valence-corrected chi connectivity index (χ2v) is 15.1. The van der Waals surface area contributed by atoms with E-state index in [2.05, 4.69) is 17.4 Å². The molecule has 1 aliphatic carbocycles. The lowest BCUT2D eigenvalue weighted by Gasteiger charge is -2.53. The van der Waals surface area contributed by atoms with Gasteiger partial charge in [-0.1, -0.05) is 55.3 Å². The zero-order chi connectivity index (χ0) is 35.1. The molecule has 0 unspecified atom stereocenters. The topological polar surface area (TPSA) is 132 Å². The van der Waals surface area contributed by atoms with Crippen molar-refractivity contribution in [2.45, 2.75) is 88.9 Å². The number of aliphatic hydroxyl groups excluding tert-OH is 3. The van der Waals surface area contributed by atoms with E-state index in [1.165, 1.54) is 32.0 Å². The second-order valence-electron chi connectivity index (χ2n) is 15.1. The van der Waals surface area contributed by atoms with Gasteiger partial charge < -0.3 is 44.8 Å². The molecule has 6 N–H and O–H groups in total. The van der Waals surface area contributed by atoms with Gasteiger partial charge >= 0.3 is 0 Å². The molecule has 3 aromatic rings. The van der Waals surface area contributed by atoms with Crippen LogP contribution in [-0.2, 0) is 23.6 Å². The van der Waals surface area contributed by atoms with Gasteiger partial charge in [-0.05, 0) is 66.6 Å². The summed E-state index contributed by atoms with van der Waals surface area (Å²) in [4.78, 5) is 0. The van der Waals surface area contributed by atoms with Crippen LogP contribution in [-0.4, -0.2) is 82.1 Å². The van der Waals surface area contributed by atoms with E-state index in [1.54, 1.807) is 12.1 Å². The molecule has 2 bridgehead atoms. The minimum atomic E-state index is -0.934. The Bertz CT molecular complexity index is 1520. The first-order valence-electron chi connectivity index (χ1n) is 18.7. The van der Waals surface area contributed by atoms with Crippen LogP contribution in [0.2, 0.25) is 0 Å². The quantitative estimate of drug-likeness (QED) is 0.0839. The van der Waals surface area contributed by atoms with E-state index in [9.17, 15) is 25.5 Å².